The number of ether oxygens (including phenoxy) is 1. The first-order valence-electron chi connectivity index (χ1n) is 6.83. The molecule has 0 bridgehead atoms. The minimum atomic E-state index is -0.106. The highest BCUT2D eigenvalue weighted by atomic mass is 16.5. The molecule has 1 unspecified atom stereocenters. The van der Waals surface area contributed by atoms with Gasteiger partial charge in [-0.3, -0.25) is 4.79 Å². The quantitative estimate of drug-likeness (QED) is 0.685. The van der Waals surface area contributed by atoms with Crippen LogP contribution in [0.2, 0.25) is 0 Å². The summed E-state index contributed by atoms with van der Waals surface area (Å²) in [7, 11) is 0. The van der Waals surface area contributed by atoms with Crippen LogP contribution in [0.25, 0.3) is 0 Å². The Morgan fingerprint density at radius 2 is 2.06 bits per heavy atom. The van der Waals surface area contributed by atoms with Gasteiger partial charge in [0, 0.05) is 19.1 Å². The molecule has 4 heteroatoms. The van der Waals surface area contributed by atoms with Gasteiger partial charge in [-0.15, -0.1) is 0 Å². The highest BCUT2D eigenvalue weighted by Gasteiger charge is 2.13. The largest absolute Gasteiger partial charge is 0.466 e. The van der Waals surface area contributed by atoms with Crippen molar-refractivity contribution in [3.05, 3.63) is 0 Å². The number of rotatable bonds is 7. The van der Waals surface area contributed by atoms with Crippen LogP contribution in [0, 0.1) is 0 Å². The third kappa shape index (κ3) is 6.64. The number of hydrogen-bond donors (Lipinski definition) is 1. The molecule has 0 aromatic rings. The molecule has 0 radical (unpaired) electrons. The number of likely N-dealkylation sites (tertiary alicyclic amines) is 1. The molecule has 0 aromatic carbocycles. The van der Waals surface area contributed by atoms with Crippen LogP contribution >= 0.6 is 0 Å². The Kier molecular flexibility index (Phi) is 7.21. The molecule has 0 aromatic heterocycles. The van der Waals surface area contributed by atoms with Gasteiger partial charge in [0.2, 0.25) is 0 Å². The number of nitrogens with zero attached hydrogens (tertiary/aromatic N) is 1. The molecule has 1 heterocycles. The summed E-state index contributed by atoms with van der Waals surface area (Å²) in [5.41, 5.74) is 0. The fraction of sp³-hybridized carbons (Fsp3) is 0.923. The van der Waals surface area contributed by atoms with Crippen molar-refractivity contribution in [1.82, 2.24) is 10.2 Å². The molecule has 1 aliphatic heterocycles. The van der Waals surface area contributed by atoms with Crippen LogP contribution in [0.3, 0.4) is 0 Å². The van der Waals surface area contributed by atoms with Crippen LogP contribution in [-0.4, -0.2) is 49.7 Å². The Morgan fingerprint density at radius 1 is 1.35 bits per heavy atom. The molecule has 1 saturated heterocycles. The van der Waals surface area contributed by atoms with Crippen molar-refractivity contribution in [2.24, 2.45) is 0 Å². The molecule has 0 aliphatic carbocycles. The van der Waals surface area contributed by atoms with E-state index in [0.717, 1.165) is 6.54 Å². The second kappa shape index (κ2) is 8.48. The minimum Gasteiger partial charge on any atom is -0.466 e. The molecule has 0 spiro atoms. The van der Waals surface area contributed by atoms with Crippen LogP contribution in [0.15, 0.2) is 0 Å². The molecule has 1 fully saturated rings. The third-order valence-electron chi connectivity index (χ3n) is 3.11. The van der Waals surface area contributed by atoms with Gasteiger partial charge in [-0.05, 0) is 39.8 Å². The van der Waals surface area contributed by atoms with Crippen molar-refractivity contribution in [1.29, 1.82) is 0 Å². The summed E-state index contributed by atoms with van der Waals surface area (Å²) in [5.74, 6) is -0.106. The molecule has 1 aliphatic rings. The van der Waals surface area contributed by atoms with E-state index >= 15 is 0 Å². The smallest absolute Gasteiger partial charge is 0.307 e. The summed E-state index contributed by atoms with van der Waals surface area (Å²) < 4.78 is 4.88. The van der Waals surface area contributed by atoms with Gasteiger partial charge in [0.15, 0.2) is 0 Å². The van der Waals surface area contributed by atoms with E-state index in [4.69, 9.17) is 4.74 Å². The normalized spacial score (nSPS) is 18.9. The van der Waals surface area contributed by atoms with Crippen LogP contribution in [0.1, 0.15) is 39.5 Å². The molecule has 0 amide bonds. The SMILES string of the molecule is CCOC(=O)CCNC(C)CN1CCCCC1. The minimum absolute atomic E-state index is 0.106. The van der Waals surface area contributed by atoms with E-state index in [1.165, 1.54) is 32.4 Å². The summed E-state index contributed by atoms with van der Waals surface area (Å²) in [6, 6.07) is 0.447. The Labute approximate surface area is 105 Å². The maximum absolute atomic E-state index is 11.1. The Morgan fingerprint density at radius 3 is 2.71 bits per heavy atom. The lowest BCUT2D eigenvalue weighted by Gasteiger charge is -2.29. The summed E-state index contributed by atoms with van der Waals surface area (Å²) in [4.78, 5) is 13.6. The highest BCUT2D eigenvalue weighted by molar-refractivity contribution is 5.69. The van der Waals surface area contributed by atoms with E-state index < -0.39 is 0 Å². The van der Waals surface area contributed by atoms with Crippen molar-refractivity contribution in [2.45, 2.75) is 45.6 Å². The zero-order chi connectivity index (χ0) is 12.5. The van der Waals surface area contributed by atoms with E-state index in [0.29, 0.717) is 25.6 Å². The highest BCUT2D eigenvalue weighted by Crippen LogP contribution is 2.08. The Balaban J connectivity index is 2.03. The van der Waals surface area contributed by atoms with Crippen LogP contribution in [0.4, 0.5) is 0 Å². The van der Waals surface area contributed by atoms with Gasteiger partial charge in [0.1, 0.15) is 0 Å². The van der Waals surface area contributed by atoms with E-state index in [9.17, 15) is 4.79 Å². The molecule has 4 nitrogen and oxygen atoms in total. The second-order valence-corrected chi connectivity index (χ2v) is 4.77. The first-order chi connectivity index (χ1) is 8.22. The fourth-order valence-electron chi connectivity index (χ4n) is 2.25. The van der Waals surface area contributed by atoms with Gasteiger partial charge < -0.3 is 15.0 Å². The number of carbonyl (C=O) groups excluding carboxylic acids is 1. The molecule has 1 N–H and O–H groups in total. The van der Waals surface area contributed by atoms with Gasteiger partial charge in [-0.1, -0.05) is 6.42 Å². The van der Waals surface area contributed by atoms with Gasteiger partial charge in [0.05, 0.1) is 13.0 Å². The number of nitrogens with one attached hydrogen (secondary N) is 1. The number of piperidine rings is 1. The second-order valence-electron chi connectivity index (χ2n) is 4.77. The Bertz CT molecular complexity index is 215. The number of esters is 1. The zero-order valence-electron chi connectivity index (χ0n) is 11.2. The molecule has 1 atom stereocenters. The van der Waals surface area contributed by atoms with E-state index in [1.807, 2.05) is 6.92 Å². The lowest BCUT2D eigenvalue weighted by Crippen LogP contribution is -2.42. The molecule has 1 rings (SSSR count). The summed E-state index contributed by atoms with van der Waals surface area (Å²) in [6.07, 6.45) is 4.50. The average Bonchev–Trinajstić information content (AvgIpc) is 2.30. The van der Waals surface area contributed by atoms with Crippen LogP contribution < -0.4 is 5.32 Å². The predicted octanol–water partition coefficient (Wildman–Crippen LogP) is 1.40. The lowest BCUT2D eigenvalue weighted by atomic mass is 10.1. The van der Waals surface area contributed by atoms with Crippen molar-refractivity contribution in [3.8, 4) is 0 Å². The fourth-order valence-corrected chi connectivity index (χ4v) is 2.25. The molecule has 0 saturated carbocycles. The first kappa shape index (κ1) is 14.5. The van der Waals surface area contributed by atoms with Crippen LogP contribution in [-0.2, 0) is 9.53 Å². The predicted molar refractivity (Wildman–Crippen MR) is 69.0 cm³/mol. The monoisotopic (exact) mass is 242 g/mol. The maximum atomic E-state index is 11.1. The third-order valence-corrected chi connectivity index (χ3v) is 3.11. The van der Waals surface area contributed by atoms with Crippen LogP contribution in [0.5, 0.6) is 0 Å². The van der Waals surface area contributed by atoms with Crippen molar-refractivity contribution < 1.29 is 9.53 Å². The molecule has 17 heavy (non-hydrogen) atoms. The summed E-state index contributed by atoms with van der Waals surface area (Å²) in [5, 5.41) is 3.38. The standard InChI is InChI=1S/C13H26N2O2/c1-3-17-13(16)7-8-14-12(2)11-15-9-5-4-6-10-15/h12,14H,3-11H2,1-2H3. The zero-order valence-corrected chi connectivity index (χ0v) is 11.2. The van der Waals surface area contributed by atoms with Gasteiger partial charge in [0.25, 0.3) is 0 Å². The summed E-state index contributed by atoms with van der Waals surface area (Å²) >= 11 is 0. The Hall–Kier alpha value is -0.610. The van der Waals surface area contributed by atoms with E-state index in [2.05, 4.69) is 17.1 Å². The number of hydrogen-bond acceptors (Lipinski definition) is 4. The molecular weight excluding hydrogens is 216 g/mol. The topological polar surface area (TPSA) is 41.6 Å². The van der Waals surface area contributed by atoms with E-state index in [1.54, 1.807) is 0 Å². The molecule has 100 valence electrons. The van der Waals surface area contributed by atoms with Crippen molar-refractivity contribution >= 4 is 5.97 Å². The lowest BCUT2D eigenvalue weighted by molar-refractivity contribution is -0.143. The van der Waals surface area contributed by atoms with E-state index in [-0.39, 0.29) is 5.97 Å². The van der Waals surface area contributed by atoms with Gasteiger partial charge in [-0.2, -0.15) is 0 Å². The molecular formula is C13H26N2O2. The summed E-state index contributed by atoms with van der Waals surface area (Å²) in [6.45, 7) is 8.75. The number of carbonyl (C=O) groups is 1. The van der Waals surface area contributed by atoms with Crippen molar-refractivity contribution in [2.75, 3.05) is 32.8 Å². The van der Waals surface area contributed by atoms with Gasteiger partial charge >= 0.3 is 5.97 Å². The first-order valence-corrected chi connectivity index (χ1v) is 6.83. The average molecular weight is 242 g/mol. The van der Waals surface area contributed by atoms with Crippen molar-refractivity contribution in [3.63, 3.8) is 0 Å². The van der Waals surface area contributed by atoms with Gasteiger partial charge in [-0.25, -0.2) is 0 Å². The maximum Gasteiger partial charge on any atom is 0.307 e.